The molecule has 0 atom stereocenters. The van der Waals surface area contributed by atoms with Crippen LogP contribution < -0.4 is 5.32 Å². The number of nitrogens with zero attached hydrogens (tertiary/aromatic N) is 3. The van der Waals surface area contributed by atoms with Gasteiger partial charge in [0, 0.05) is 37.6 Å². The van der Waals surface area contributed by atoms with E-state index in [0.29, 0.717) is 25.3 Å². The van der Waals surface area contributed by atoms with Gasteiger partial charge in [-0.1, -0.05) is 26.7 Å². The number of carbonyl (C=O) groups is 1. The topological polar surface area (TPSA) is 74.7 Å². The molecule has 1 saturated heterocycles. The van der Waals surface area contributed by atoms with Crippen LogP contribution in [0.25, 0.3) is 10.9 Å². The minimum Gasteiger partial charge on any atom is -0.351 e. The molecule has 1 aromatic heterocycles. The molecule has 1 aromatic carbocycles. The van der Waals surface area contributed by atoms with Gasteiger partial charge < -0.3 is 14.8 Å². The number of sulfonamides is 1. The zero-order valence-electron chi connectivity index (χ0n) is 19.1. The highest BCUT2D eigenvalue weighted by molar-refractivity contribution is 7.89. The Balaban J connectivity index is 1.66. The number of rotatable bonds is 9. The van der Waals surface area contributed by atoms with Crippen molar-refractivity contribution in [2.75, 3.05) is 39.3 Å². The molecule has 0 bridgehead atoms. The smallest absolute Gasteiger partial charge is 0.267 e. The fourth-order valence-corrected chi connectivity index (χ4v) is 5.87. The van der Waals surface area contributed by atoms with Crippen molar-refractivity contribution in [1.82, 2.24) is 19.1 Å². The molecule has 0 spiro atoms. The van der Waals surface area contributed by atoms with Gasteiger partial charge in [0.1, 0.15) is 5.69 Å². The minimum absolute atomic E-state index is 0.122. The highest BCUT2D eigenvalue weighted by atomic mass is 32.2. The Hall–Kier alpha value is -1.90. The number of hydrogen-bond acceptors (Lipinski definition) is 4. The van der Waals surface area contributed by atoms with Gasteiger partial charge in [-0.3, -0.25) is 4.79 Å². The molecular weight excluding hydrogens is 412 g/mol. The number of likely N-dealkylation sites (tertiary alicyclic amines) is 1. The second kappa shape index (κ2) is 10.6. The van der Waals surface area contributed by atoms with Gasteiger partial charge in [-0.2, -0.15) is 4.31 Å². The van der Waals surface area contributed by atoms with E-state index in [9.17, 15) is 13.2 Å². The Morgan fingerprint density at radius 2 is 1.74 bits per heavy atom. The van der Waals surface area contributed by atoms with Crippen LogP contribution in [0.2, 0.25) is 0 Å². The van der Waals surface area contributed by atoms with E-state index in [4.69, 9.17) is 0 Å². The summed E-state index contributed by atoms with van der Waals surface area (Å²) < 4.78 is 28.9. The third-order valence-electron chi connectivity index (χ3n) is 6.23. The number of aryl methyl sites for hydroxylation is 1. The maximum absolute atomic E-state index is 12.8. The second-order valence-corrected chi connectivity index (χ2v) is 10.2. The van der Waals surface area contributed by atoms with Crippen LogP contribution in [0.15, 0.2) is 29.2 Å². The van der Waals surface area contributed by atoms with Crippen molar-refractivity contribution in [3.63, 3.8) is 0 Å². The number of amides is 1. The molecule has 2 heterocycles. The maximum Gasteiger partial charge on any atom is 0.267 e. The van der Waals surface area contributed by atoms with Gasteiger partial charge >= 0.3 is 0 Å². The van der Waals surface area contributed by atoms with Crippen LogP contribution in [0, 0.1) is 0 Å². The molecule has 0 radical (unpaired) electrons. The summed E-state index contributed by atoms with van der Waals surface area (Å²) in [7, 11) is -1.69. The predicted octanol–water partition coefficient (Wildman–Crippen LogP) is 3.20. The first-order valence-corrected chi connectivity index (χ1v) is 12.9. The van der Waals surface area contributed by atoms with Crippen molar-refractivity contribution in [2.45, 2.75) is 50.8 Å². The van der Waals surface area contributed by atoms with Crippen molar-refractivity contribution < 1.29 is 13.2 Å². The molecule has 2 aromatic rings. The molecule has 31 heavy (non-hydrogen) atoms. The standard InChI is InChI=1S/C23H36N4O3S/c1-4-27(5-2)31(29,30)20-11-12-21-19(17-20)18-22(25(21)3)23(28)24-13-10-16-26-14-8-6-7-9-15-26/h11-12,17-18H,4-10,13-16H2,1-3H3,(H,24,28). The van der Waals surface area contributed by atoms with E-state index in [1.54, 1.807) is 24.3 Å². The summed E-state index contributed by atoms with van der Waals surface area (Å²) in [6.07, 6.45) is 6.13. The first-order valence-electron chi connectivity index (χ1n) is 11.5. The molecule has 1 N–H and O–H groups in total. The fourth-order valence-electron chi connectivity index (χ4n) is 4.37. The number of benzene rings is 1. The highest BCUT2D eigenvalue weighted by Gasteiger charge is 2.23. The maximum atomic E-state index is 12.8. The quantitative estimate of drug-likeness (QED) is 0.598. The van der Waals surface area contributed by atoms with Gasteiger partial charge in [0.25, 0.3) is 5.91 Å². The Kier molecular flexibility index (Phi) is 8.13. The lowest BCUT2D eigenvalue weighted by molar-refractivity contribution is 0.0944. The molecule has 8 heteroatoms. The molecule has 0 aliphatic carbocycles. The third-order valence-corrected chi connectivity index (χ3v) is 8.27. The Morgan fingerprint density at radius 3 is 2.39 bits per heavy atom. The first-order chi connectivity index (χ1) is 14.9. The van der Waals surface area contributed by atoms with Gasteiger partial charge in [0.05, 0.1) is 4.90 Å². The highest BCUT2D eigenvalue weighted by Crippen LogP contribution is 2.24. The SMILES string of the molecule is CCN(CC)S(=O)(=O)c1ccc2c(c1)cc(C(=O)NCCCN1CCCCCC1)n2C. The lowest BCUT2D eigenvalue weighted by atomic mass is 10.2. The van der Waals surface area contributed by atoms with Gasteiger partial charge in [0.2, 0.25) is 10.0 Å². The summed E-state index contributed by atoms with van der Waals surface area (Å²) in [5.41, 5.74) is 1.38. The molecule has 7 nitrogen and oxygen atoms in total. The average Bonchev–Trinajstić information content (AvgIpc) is 2.92. The molecule has 0 unspecified atom stereocenters. The van der Waals surface area contributed by atoms with Gasteiger partial charge in [-0.15, -0.1) is 0 Å². The number of aromatic nitrogens is 1. The van der Waals surface area contributed by atoms with Crippen LogP contribution in [0.3, 0.4) is 0 Å². The average molecular weight is 449 g/mol. The summed E-state index contributed by atoms with van der Waals surface area (Å²) in [6.45, 7) is 8.49. The van der Waals surface area contributed by atoms with Gasteiger partial charge in [-0.05, 0) is 63.2 Å². The van der Waals surface area contributed by atoms with Crippen LogP contribution in [0.4, 0.5) is 0 Å². The van der Waals surface area contributed by atoms with E-state index in [2.05, 4.69) is 10.2 Å². The largest absolute Gasteiger partial charge is 0.351 e. The summed E-state index contributed by atoms with van der Waals surface area (Å²) in [6, 6.07) is 6.85. The zero-order chi connectivity index (χ0) is 22.4. The number of fused-ring (bicyclic) bond motifs is 1. The number of hydrogen-bond donors (Lipinski definition) is 1. The first kappa shape index (κ1) is 23.8. The van der Waals surface area contributed by atoms with Crippen molar-refractivity contribution in [2.24, 2.45) is 7.05 Å². The van der Waals surface area contributed by atoms with Crippen LogP contribution in [-0.4, -0.2) is 67.4 Å². The second-order valence-electron chi connectivity index (χ2n) is 8.26. The Morgan fingerprint density at radius 1 is 1.06 bits per heavy atom. The predicted molar refractivity (Wildman–Crippen MR) is 125 cm³/mol. The van der Waals surface area contributed by atoms with Crippen LogP contribution in [0.1, 0.15) is 56.4 Å². The van der Waals surface area contributed by atoms with Crippen LogP contribution in [0.5, 0.6) is 0 Å². The zero-order valence-corrected chi connectivity index (χ0v) is 19.9. The van der Waals surface area contributed by atoms with Crippen LogP contribution >= 0.6 is 0 Å². The third kappa shape index (κ3) is 5.48. The van der Waals surface area contributed by atoms with E-state index in [1.165, 1.54) is 30.0 Å². The number of nitrogens with one attached hydrogen (secondary N) is 1. The van der Waals surface area contributed by atoms with Crippen molar-refractivity contribution >= 4 is 26.8 Å². The van der Waals surface area contributed by atoms with Crippen molar-refractivity contribution in [3.8, 4) is 0 Å². The monoisotopic (exact) mass is 448 g/mol. The lowest BCUT2D eigenvalue weighted by Crippen LogP contribution is -2.31. The molecule has 172 valence electrons. The van der Waals surface area contributed by atoms with E-state index < -0.39 is 10.0 Å². The fraction of sp³-hybridized carbons (Fsp3) is 0.609. The van der Waals surface area contributed by atoms with E-state index >= 15 is 0 Å². The molecular formula is C23H36N4O3S. The van der Waals surface area contributed by atoms with E-state index in [-0.39, 0.29) is 10.8 Å². The normalized spacial score (nSPS) is 16.0. The van der Waals surface area contributed by atoms with E-state index in [1.807, 2.05) is 25.5 Å². The summed E-state index contributed by atoms with van der Waals surface area (Å²) >= 11 is 0. The van der Waals surface area contributed by atoms with Gasteiger partial charge in [-0.25, -0.2) is 8.42 Å². The summed E-state index contributed by atoms with van der Waals surface area (Å²) in [5.74, 6) is -0.122. The lowest BCUT2D eigenvalue weighted by Gasteiger charge is -2.19. The van der Waals surface area contributed by atoms with Crippen molar-refractivity contribution in [1.29, 1.82) is 0 Å². The van der Waals surface area contributed by atoms with Gasteiger partial charge in [0.15, 0.2) is 0 Å². The minimum atomic E-state index is -3.53. The molecule has 0 saturated carbocycles. The van der Waals surface area contributed by atoms with E-state index in [0.717, 1.165) is 37.0 Å². The van der Waals surface area contributed by atoms with Crippen molar-refractivity contribution in [3.05, 3.63) is 30.0 Å². The number of carbonyl (C=O) groups excluding carboxylic acids is 1. The van der Waals surface area contributed by atoms with Crippen LogP contribution in [-0.2, 0) is 17.1 Å². The Labute approximate surface area is 186 Å². The molecule has 1 aliphatic rings. The summed E-state index contributed by atoms with van der Waals surface area (Å²) in [4.78, 5) is 15.5. The molecule has 1 fully saturated rings. The Bertz CT molecular complexity index is 988. The molecule has 3 rings (SSSR count). The molecule has 1 amide bonds. The molecule has 1 aliphatic heterocycles. The summed E-state index contributed by atoms with van der Waals surface area (Å²) in [5, 5.41) is 3.78.